The summed E-state index contributed by atoms with van der Waals surface area (Å²) in [6.07, 6.45) is 8.81. The Balaban J connectivity index is 0.00000243. The minimum Gasteiger partial charge on any atom is -0.381 e. The van der Waals surface area contributed by atoms with Crippen LogP contribution in [0.4, 0.5) is 0 Å². The second kappa shape index (κ2) is 9.89. The topological polar surface area (TPSA) is 63.9 Å². The van der Waals surface area contributed by atoms with Crippen molar-refractivity contribution in [1.29, 1.82) is 0 Å². The van der Waals surface area contributed by atoms with E-state index in [1.165, 1.54) is 0 Å². The molecule has 3 heterocycles. The highest BCUT2D eigenvalue weighted by molar-refractivity contribution is 14.0. The van der Waals surface area contributed by atoms with E-state index in [0.717, 1.165) is 58.1 Å². The number of piperidine rings is 1. The van der Waals surface area contributed by atoms with Crippen molar-refractivity contribution in [2.75, 3.05) is 47.0 Å². The van der Waals surface area contributed by atoms with Gasteiger partial charge in [0.15, 0.2) is 5.96 Å². The SMILES string of the molecule is CN=C(NCC1(OC)CCOCC1)N1CCC(C)C(n2ccnc2)C1.I. The second-order valence-electron chi connectivity index (χ2n) is 7.19. The first-order valence-corrected chi connectivity index (χ1v) is 9.23. The fourth-order valence-corrected chi connectivity index (χ4v) is 3.86. The standard InChI is InChI=1S/C18H31N5O2.HI/c1-15-4-8-22(12-16(15)23-9-7-20-14-23)17(19-2)21-13-18(24-3)5-10-25-11-6-18;/h7,9,14-16H,4-6,8,10-13H2,1-3H3,(H,19,21);1H. The van der Waals surface area contributed by atoms with Gasteiger partial charge in [-0.2, -0.15) is 0 Å². The zero-order valence-electron chi connectivity index (χ0n) is 16.1. The largest absolute Gasteiger partial charge is 0.381 e. The maximum Gasteiger partial charge on any atom is 0.193 e. The summed E-state index contributed by atoms with van der Waals surface area (Å²) in [5.74, 6) is 1.59. The average Bonchev–Trinajstić information content (AvgIpc) is 3.18. The number of nitrogens with zero attached hydrogens (tertiary/aromatic N) is 4. The number of ether oxygens (including phenoxy) is 2. The summed E-state index contributed by atoms with van der Waals surface area (Å²) in [6, 6.07) is 0.425. The van der Waals surface area contributed by atoms with Crippen LogP contribution in [-0.2, 0) is 9.47 Å². The van der Waals surface area contributed by atoms with Crippen molar-refractivity contribution in [3.8, 4) is 0 Å². The molecule has 1 N–H and O–H groups in total. The molecule has 2 fully saturated rings. The highest BCUT2D eigenvalue weighted by Crippen LogP contribution is 2.28. The van der Waals surface area contributed by atoms with Gasteiger partial charge >= 0.3 is 0 Å². The Morgan fingerprint density at radius 2 is 2.19 bits per heavy atom. The Hall–Kier alpha value is -0.870. The van der Waals surface area contributed by atoms with E-state index in [0.29, 0.717) is 12.0 Å². The highest BCUT2D eigenvalue weighted by Gasteiger charge is 2.34. The molecule has 0 amide bonds. The van der Waals surface area contributed by atoms with Crippen molar-refractivity contribution in [2.24, 2.45) is 10.9 Å². The third kappa shape index (κ3) is 4.89. The molecule has 2 aliphatic heterocycles. The molecule has 1 aromatic rings. The summed E-state index contributed by atoms with van der Waals surface area (Å²) in [4.78, 5) is 11.1. The lowest BCUT2D eigenvalue weighted by atomic mass is 9.93. The van der Waals surface area contributed by atoms with Gasteiger partial charge in [-0.05, 0) is 12.3 Å². The lowest BCUT2D eigenvalue weighted by Gasteiger charge is -2.41. The Morgan fingerprint density at radius 3 is 2.81 bits per heavy atom. The zero-order valence-corrected chi connectivity index (χ0v) is 18.4. The molecule has 8 heteroatoms. The molecular weight excluding hydrogens is 445 g/mol. The lowest BCUT2D eigenvalue weighted by molar-refractivity contribution is -0.0858. The van der Waals surface area contributed by atoms with Crippen molar-refractivity contribution in [1.82, 2.24) is 19.8 Å². The Kier molecular flexibility index (Phi) is 8.15. The van der Waals surface area contributed by atoms with Crippen molar-refractivity contribution >= 4 is 29.9 Å². The average molecular weight is 477 g/mol. The molecular formula is C18H32IN5O2. The van der Waals surface area contributed by atoms with E-state index in [1.54, 1.807) is 7.11 Å². The van der Waals surface area contributed by atoms with Crippen LogP contribution in [0.3, 0.4) is 0 Å². The van der Waals surface area contributed by atoms with Crippen LogP contribution in [0.15, 0.2) is 23.7 Å². The molecule has 2 atom stereocenters. The molecule has 0 saturated carbocycles. The van der Waals surface area contributed by atoms with Crippen LogP contribution in [-0.4, -0.2) is 73.0 Å². The second-order valence-corrected chi connectivity index (χ2v) is 7.19. The molecule has 0 bridgehead atoms. The van der Waals surface area contributed by atoms with E-state index < -0.39 is 0 Å². The van der Waals surface area contributed by atoms with Gasteiger partial charge in [0.25, 0.3) is 0 Å². The van der Waals surface area contributed by atoms with Gasteiger partial charge in [0.05, 0.1) is 18.0 Å². The third-order valence-corrected chi connectivity index (χ3v) is 5.74. The summed E-state index contributed by atoms with van der Waals surface area (Å²) in [7, 11) is 3.66. The number of likely N-dealkylation sites (tertiary alicyclic amines) is 1. The van der Waals surface area contributed by atoms with Crippen molar-refractivity contribution in [3.63, 3.8) is 0 Å². The van der Waals surface area contributed by atoms with Crippen LogP contribution < -0.4 is 5.32 Å². The van der Waals surface area contributed by atoms with Crippen LogP contribution in [0.1, 0.15) is 32.2 Å². The number of nitrogens with one attached hydrogen (secondary N) is 1. The van der Waals surface area contributed by atoms with Gasteiger partial charge in [0.1, 0.15) is 0 Å². The molecule has 0 aromatic carbocycles. The molecule has 1 aromatic heterocycles. The quantitative estimate of drug-likeness (QED) is 0.409. The predicted molar refractivity (Wildman–Crippen MR) is 113 cm³/mol. The molecule has 148 valence electrons. The number of guanidine groups is 1. The highest BCUT2D eigenvalue weighted by atomic mass is 127. The van der Waals surface area contributed by atoms with Crippen LogP contribution in [0.5, 0.6) is 0 Å². The number of methoxy groups -OCH3 is 1. The van der Waals surface area contributed by atoms with Crippen LogP contribution in [0.25, 0.3) is 0 Å². The van der Waals surface area contributed by atoms with Gasteiger partial charge in [0, 0.05) is 72.2 Å². The van der Waals surface area contributed by atoms with Gasteiger partial charge in [-0.25, -0.2) is 4.98 Å². The number of imidazole rings is 1. The van der Waals surface area contributed by atoms with Crippen LogP contribution in [0.2, 0.25) is 0 Å². The van der Waals surface area contributed by atoms with E-state index in [2.05, 4.69) is 37.9 Å². The van der Waals surface area contributed by atoms with E-state index in [1.807, 2.05) is 19.6 Å². The molecule has 2 saturated heterocycles. The molecule has 0 spiro atoms. The molecule has 2 unspecified atom stereocenters. The first-order valence-electron chi connectivity index (χ1n) is 9.23. The molecule has 3 rings (SSSR count). The fourth-order valence-electron chi connectivity index (χ4n) is 3.86. The summed E-state index contributed by atoms with van der Waals surface area (Å²) < 4.78 is 13.5. The molecule has 26 heavy (non-hydrogen) atoms. The molecule has 0 radical (unpaired) electrons. The number of aliphatic imine (C=N–C) groups is 1. The Labute approximate surface area is 173 Å². The molecule has 2 aliphatic rings. The number of aromatic nitrogens is 2. The number of halogens is 1. The monoisotopic (exact) mass is 477 g/mol. The minimum atomic E-state index is -0.152. The van der Waals surface area contributed by atoms with Gasteiger partial charge in [-0.3, -0.25) is 4.99 Å². The Morgan fingerprint density at radius 1 is 1.42 bits per heavy atom. The van der Waals surface area contributed by atoms with Gasteiger partial charge in [-0.15, -0.1) is 24.0 Å². The van der Waals surface area contributed by atoms with Gasteiger partial charge in [0.2, 0.25) is 0 Å². The molecule has 7 nitrogen and oxygen atoms in total. The summed E-state index contributed by atoms with van der Waals surface area (Å²) in [5, 5.41) is 3.55. The maximum absolute atomic E-state index is 5.83. The predicted octanol–water partition coefficient (Wildman–Crippen LogP) is 2.15. The number of rotatable bonds is 4. The van der Waals surface area contributed by atoms with E-state index in [9.17, 15) is 0 Å². The first kappa shape index (κ1) is 21.4. The molecule has 0 aliphatic carbocycles. The van der Waals surface area contributed by atoms with E-state index >= 15 is 0 Å². The zero-order chi connectivity index (χ0) is 17.7. The first-order chi connectivity index (χ1) is 12.2. The third-order valence-electron chi connectivity index (χ3n) is 5.74. The van der Waals surface area contributed by atoms with Crippen molar-refractivity contribution < 1.29 is 9.47 Å². The summed E-state index contributed by atoms with van der Waals surface area (Å²) in [6.45, 7) is 6.58. The van der Waals surface area contributed by atoms with Crippen molar-refractivity contribution in [3.05, 3.63) is 18.7 Å². The smallest absolute Gasteiger partial charge is 0.193 e. The van der Waals surface area contributed by atoms with Gasteiger partial charge in [-0.1, -0.05) is 6.92 Å². The maximum atomic E-state index is 5.83. The van der Waals surface area contributed by atoms with Crippen LogP contribution in [0, 0.1) is 5.92 Å². The minimum absolute atomic E-state index is 0. The van der Waals surface area contributed by atoms with E-state index in [-0.39, 0.29) is 29.6 Å². The normalized spacial score (nSPS) is 26.3. The van der Waals surface area contributed by atoms with Crippen LogP contribution >= 0.6 is 24.0 Å². The fraction of sp³-hybridized carbons (Fsp3) is 0.778. The van der Waals surface area contributed by atoms with Gasteiger partial charge < -0.3 is 24.3 Å². The van der Waals surface area contributed by atoms with Crippen molar-refractivity contribution in [2.45, 2.75) is 37.8 Å². The Bertz CT molecular complexity index is 560. The summed E-state index contributed by atoms with van der Waals surface area (Å²) in [5.41, 5.74) is -0.152. The number of hydrogen-bond acceptors (Lipinski definition) is 4. The number of hydrogen-bond donors (Lipinski definition) is 1. The van der Waals surface area contributed by atoms with E-state index in [4.69, 9.17) is 9.47 Å². The summed E-state index contributed by atoms with van der Waals surface area (Å²) >= 11 is 0. The lowest BCUT2D eigenvalue weighted by Crippen LogP contribution is -2.54.